The standard InChI is InChI=1S/C14H18ClNO/c15-12-3-1-2-11(8-12)13-9-16-6-4-14(13)5-7-17-10-14/h1-3,8,13,16H,4-7,9-10H2. The lowest BCUT2D eigenvalue weighted by Gasteiger charge is -2.41. The van der Waals surface area contributed by atoms with Gasteiger partial charge < -0.3 is 10.1 Å². The van der Waals surface area contributed by atoms with Gasteiger partial charge in [-0.2, -0.15) is 0 Å². The van der Waals surface area contributed by atoms with Crippen molar-refractivity contribution < 1.29 is 4.74 Å². The second-order valence-electron chi connectivity index (χ2n) is 5.23. The third-order valence-corrected chi connectivity index (χ3v) is 4.51. The van der Waals surface area contributed by atoms with E-state index in [9.17, 15) is 0 Å². The van der Waals surface area contributed by atoms with Gasteiger partial charge in [0, 0.05) is 29.5 Å². The van der Waals surface area contributed by atoms with Gasteiger partial charge in [0.2, 0.25) is 0 Å². The molecule has 0 radical (unpaired) electrons. The molecule has 2 aliphatic heterocycles. The smallest absolute Gasteiger partial charge is 0.0530 e. The number of hydrogen-bond acceptors (Lipinski definition) is 2. The highest BCUT2D eigenvalue weighted by Gasteiger charge is 2.44. The lowest BCUT2D eigenvalue weighted by atomic mass is 9.67. The number of halogens is 1. The first-order valence-corrected chi connectivity index (χ1v) is 6.72. The maximum atomic E-state index is 6.11. The summed E-state index contributed by atoms with van der Waals surface area (Å²) < 4.78 is 5.66. The lowest BCUT2D eigenvalue weighted by molar-refractivity contribution is 0.110. The molecule has 2 heterocycles. The van der Waals surface area contributed by atoms with E-state index >= 15 is 0 Å². The summed E-state index contributed by atoms with van der Waals surface area (Å²) in [4.78, 5) is 0. The Kier molecular flexibility index (Phi) is 3.12. The molecule has 17 heavy (non-hydrogen) atoms. The predicted molar refractivity (Wildman–Crippen MR) is 69.5 cm³/mol. The fourth-order valence-electron chi connectivity index (χ4n) is 3.26. The average molecular weight is 252 g/mol. The van der Waals surface area contributed by atoms with Crippen LogP contribution in [0.3, 0.4) is 0 Å². The van der Waals surface area contributed by atoms with Crippen molar-refractivity contribution in [2.45, 2.75) is 18.8 Å². The molecule has 1 N–H and O–H groups in total. The molecular weight excluding hydrogens is 234 g/mol. The molecule has 0 amide bonds. The van der Waals surface area contributed by atoms with E-state index in [2.05, 4.69) is 23.5 Å². The fourth-order valence-corrected chi connectivity index (χ4v) is 3.46. The molecule has 92 valence electrons. The molecule has 2 nitrogen and oxygen atoms in total. The van der Waals surface area contributed by atoms with Gasteiger partial charge in [0.1, 0.15) is 0 Å². The molecule has 1 spiro atoms. The van der Waals surface area contributed by atoms with Crippen molar-refractivity contribution in [3.05, 3.63) is 34.9 Å². The minimum atomic E-state index is 0.343. The first-order chi connectivity index (χ1) is 8.30. The second kappa shape index (κ2) is 4.60. The summed E-state index contributed by atoms with van der Waals surface area (Å²) in [5.74, 6) is 0.539. The fraction of sp³-hybridized carbons (Fsp3) is 0.571. The van der Waals surface area contributed by atoms with Gasteiger partial charge in [-0.3, -0.25) is 0 Å². The number of nitrogens with one attached hydrogen (secondary N) is 1. The Morgan fingerprint density at radius 2 is 2.29 bits per heavy atom. The van der Waals surface area contributed by atoms with Crippen LogP contribution in [0.5, 0.6) is 0 Å². The SMILES string of the molecule is Clc1cccc(C2CNCCC23CCOC3)c1. The van der Waals surface area contributed by atoms with Crippen molar-refractivity contribution in [2.24, 2.45) is 5.41 Å². The quantitative estimate of drug-likeness (QED) is 0.829. The third kappa shape index (κ3) is 2.10. The highest BCUT2D eigenvalue weighted by Crippen LogP contribution is 2.46. The van der Waals surface area contributed by atoms with Crippen LogP contribution in [0, 0.1) is 5.41 Å². The van der Waals surface area contributed by atoms with Gasteiger partial charge in [0.05, 0.1) is 6.61 Å². The van der Waals surface area contributed by atoms with Gasteiger partial charge in [-0.15, -0.1) is 0 Å². The molecule has 0 bridgehead atoms. The third-order valence-electron chi connectivity index (χ3n) is 4.27. The Morgan fingerprint density at radius 3 is 3.06 bits per heavy atom. The van der Waals surface area contributed by atoms with E-state index in [0.717, 1.165) is 31.3 Å². The van der Waals surface area contributed by atoms with Crippen molar-refractivity contribution >= 4 is 11.6 Å². The zero-order chi connectivity index (χ0) is 11.7. The predicted octanol–water partition coefficient (Wildman–Crippen LogP) is 2.82. The average Bonchev–Trinajstić information content (AvgIpc) is 2.79. The van der Waals surface area contributed by atoms with Gasteiger partial charge in [0.15, 0.2) is 0 Å². The maximum absolute atomic E-state index is 6.11. The molecule has 3 rings (SSSR count). The van der Waals surface area contributed by atoms with Crippen molar-refractivity contribution in [1.82, 2.24) is 5.32 Å². The van der Waals surface area contributed by atoms with Gasteiger partial charge >= 0.3 is 0 Å². The zero-order valence-electron chi connectivity index (χ0n) is 9.92. The van der Waals surface area contributed by atoms with E-state index in [1.54, 1.807) is 0 Å². The van der Waals surface area contributed by atoms with Crippen LogP contribution < -0.4 is 5.32 Å². The summed E-state index contributed by atoms with van der Waals surface area (Å²) in [6.07, 6.45) is 2.40. The number of hydrogen-bond donors (Lipinski definition) is 1. The van der Waals surface area contributed by atoms with Crippen molar-refractivity contribution in [3.63, 3.8) is 0 Å². The normalized spacial score (nSPS) is 33.1. The largest absolute Gasteiger partial charge is 0.381 e. The van der Waals surface area contributed by atoms with Crippen LogP contribution in [-0.4, -0.2) is 26.3 Å². The van der Waals surface area contributed by atoms with E-state index in [4.69, 9.17) is 16.3 Å². The number of benzene rings is 1. The van der Waals surface area contributed by atoms with Crippen LogP contribution in [0.4, 0.5) is 0 Å². The van der Waals surface area contributed by atoms with Crippen LogP contribution >= 0.6 is 11.6 Å². The second-order valence-corrected chi connectivity index (χ2v) is 5.66. The van der Waals surface area contributed by atoms with Crippen LogP contribution in [0.1, 0.15) is 24.3 Å². The Hall–Kier alpha value is -0.570. The maximum Gasteiger partial charge on any atom is 0.0530 e. The number of rotatable bonds is 1. The topological polar surface area (TPSA) is 21.3 Å². The summed E-state index contributed by atoms with van der Waals surface area (Å²) in [5, 5.41) is 4.34. The zero-order valence-corrected chi connectivity index (χ0v) is 10.7. The number of ether oxygens (including phenoxy) is 1. The molecule has 2 fully saturated rings. The van der Waals surface area contributed by atoms with Crippen LogP contribution in [0.2, 0.25) is 5.02 Å². The highest BCUT2D eigenvalue weighted by atomic mass is 35.5. The molecule has 0 saturated carbocycles. The summed E-state index contributed by atoms with van der Waals surface area (Å²) in [5.41, 5.74) is 1.70. The van der Waals surface area contributed by atoms with E-state index in [-0.39, 0.29) is 0 Å². The lowest BCUT2D eigenvalue weighted by Crippen LogP contribution is -2.44. The summed E-state index contributed by atoms with van der Waals surface area (Å²) in [6.45, 7) is 3.98. The van der Waals surface area contributed by atoms with E-state index in [1.807, 2.05) is 6.07 Å². The van der Waals surface area contributed by atoms with Gasteiger partial charge in [0.25, 0.3) is 0 Å². The van der Waals surface area contributed by atoms with Crippen LogP contribution in [0.25, 0.3) is 0 Å². The molecule has 2 atom stereocenters. The Labute approximate surface area is 107 Å². The monoisotopic (exact) mass is 251 g/mol. The first-order valence-electron chi connectivity index (χ1n) is 6.34. The molecule has 2 saturated heterocycles. The Bertz CT molecular complexity index is 401. The van der Waals surface area contributed by atoms with Crippen molar-refractivity contribution in [1.29, 1.82) is 0 Å². The van der Waals surface area contributed by atoms with Crippen LogP contribution in [-0.2, 0) is 4.74 Å². The minimum Gasteiger partial charge on any atom is -0.381 e. The number of piperidine rings is 1. The van der Waals surface area contributed by atoms with E-state index in [1.165, 1.54) is 18.4 Å². The highest BCUT2D eigenvalue weighted by molar-refractivity contribution is 6.30. The molecule has 0 aliphatic carbocycles. The first kappa shape index (κ1) is 11.5. The Balaban J connectivity index is 1.93. The van der Waals surface area contributed by atoms with Crippen molar-refractivity contribution in [2.75, 3.05) is 26.3 Å². The molecule has 2 unspecified atom stereocenters. The molecule has 3 heteroatoms. The summed E-state index contributed by atoms with van der Waals surface area (Å²) in [7, 11) is 0. The summed E-state index contributed by atoms with van der Waals surface area (Å²) >= 11 is 6.11. The molecular formula is C14H18ClNO. The van der Waals surface area contributed by atoms with Crippen LogP contribution in [0.15, 0.2) is 24.3 Å². The molecule has 1 aromatic carbocycles. The van der Waals surface area contributed by atoms with E-state index < -0.39 is 0 Å². The van der Waals surface area contributed by atoms with Gasteiger partial charge in [-0.25, -0.2) is 0 Å². The van der Waals surface area contributed by atoms with E-state index in [0.29, 0.717) is 11.3 Å². The minimum absolute atomic E-state index is 0.343. The molecule has 1 aromatic rings. The molecule has 0 aromatic heterocycles. The van der Waals surface area contributed by atoms with Gasteiger partial charge in [-0.1, -0.05) is 23.7 Å². The van der Waals surface area contributed by atoms with Crippen molar-refractivity contribution in [3.8, 4) is 0 Å². The molecule has 2 aliphatic rings. The summed E-state index contributed by atoms with van der Waals surface area (Å²) in [6, 6.07) is 8.30. The Morgan fingerprint density at radius 1 is 1.35 bits per heavy atom. The van der Waals surface area contributed by atoms with Gasteiger partial charge in [-0.05, 0) is 37.1 Å².